The van der Waals surface area contributed by atoms with Gasteiger partial charge in [-0.25, -0.2) is 0 Å². The van der Waals surface area contributed by atoms with Crippen LogP contribution < -0.4 is 5.32 Å². The summed E-state index contributed by atoms with van der Waals surface area (Å²) in [6, 6.07) is 16.5. The number of amides is 2. The second-order valence-corrected chi connectivity index (χ2v) is 7.69. The van der Waals surface area contributed by atoms with Crippen LogP contribution in [0.3, 0.4) is 0 Å². The standard InChI is InChI=1S/C24H20ClN3O2/c1-15-5-6-16(2)20(12-15)27-22-21(18-7-9-19(25)10-8-18)23(29)28(24(22)30)14-17-4-3-11-26-13-17/h3-13,27H,14H2,1-2H3. The third kappa shape index (κ3) is 3.84. The van der Waals surface area contributed by atoms with Gasteiger partial charge in [0, 0.05) is 23.1 Å². The molecule has 0 fully saturated rings. The summed E-state index contributed by atoms with van der Waals surface area (Å²) in [5.41, 5.74) is 4.85. The van der Waals surface area contributed by atoms with Crippen molar-refractivity contribution < 1.29 is 9.59 Å². The van der Waals surface area contributed by atoms with Gasteiger partial charge in [-0.15, -0.1) is 0 Å². The van der Waals surface area contributed by atoms with E-state index in [0.717, 1.165) is 22.4 Å². The van der Waals surface area contributed by atoms with Crippen LogP contribution in [0.15, 0.2) is 72.7 Å². The third-order valence-corrected chi connectivity index (χ3v) is 5.27. The van der Waals surface area contributed by atoms with Crippen LogP contribution in [0.25, 0.3) is 5.57 Å². The highest BCUT2D eigenvalue weighted by molar-refractivity contribution is 6.36. The van der Waals surface area contributed by atoms with Gasteiger partial charge in [0.05, 0.1) is 12.1 Å². The van der Waals surface area contributed by atoms with Crippen molar-refractivity contribution in [2.24, 2.45) is 0 Å². The van der Waals surface area contributed by atoms with Gasteiger partial charge in [-0.2, -0.15) is 0 Å². The quantitative estimate of drug-likeness (QED) is 0.609. The van der Waals surface area contributed by atoms with Gasteiger partial charge in [0.2, 0.25) is 0 Å². The Morgan fingerprint density at radius 3 is 2.47 bits per heavy atom. The predicted octanol–water partition coefficient (Wildman–Crippen LogP) is 4.74. The lowest BCUT2D eigenvalue weighted by molar-refractivity contribution is -0.137. The lowest BCUT2D eigenvalue weighted by atomic mass is 10.0. The molecular weight excluding hydrogens is 398 g/mol. The molecular formula is C24H20ClN3O2. The molecule has 5 nitrogen and oxygen atoms in total. The molecule has 30 heavy (non-hydrogen) atoms. The summed E-state index contributed by atoms with van der Waals surface area (Å²) in [7, 11) is 0. The largest absolute Gasteiger partial charge is 0.350 e. The fourth-order valence-electron chi connectivity index (χ4n) is 3.40. The van der Waals surface area contributed by atoms with Crippen molar-refractivity contribution in [2.75, 3.05) is 5.32 Å². The van der Waals surface area contributed by atoms with Gasteiger partial charge in [0.25, 0.3) is 11.8 Å². The zero-order chi connectivity index (χ0) is 21.3. The van der Waals surface area contributed by atoms with Crippen molar-refractivity contribution in [3.8, 4) is 0 Å². The second kappa shape index (κ2) is 8.13. The summed E-state index contributed by atoms with van der Waals surface area (Å²) in [6.07, 6.45) is 3.31. The number of carbonyl (C=O) groups is 2. The van der Waals surface area contributed by atoms with Crippen LogP contribution in [0.5, 0.6) is 0 Å². The number of halogens is 1. The van der Waals surface area contributed by atoms with Gasteiger partial charge in [-0.3, -0.25) is 19.5 Å². The monoisotopic (exact) mass is 417 g/mol. The van der Waals surface area contributed by atoms with Crippen LogP contribution in [0.4, 0.5) is 5.69 Å². The Hall–Kier alpha value is -3.44. The molecule has 1 aliphatic rings. The van der Waals surface area contributed by atoms with Crippen LogP contribution in [-0.2, 0) is 16.1 Å². The molecule has 6 heteroatoms. The fraction of sp³-hybridized carbons (Fsp3) is 0.125. The summed E-state index contributed by atoms with van der Waals surface area (Å²) >= 11 is 6.02. The molecule has 0 aliphatic carbocycles. The minimum atomic E-state index is -0.366. The van der Waals surface area contributed by atoms with Gasteiger partial charge in [0.15, 0.2) is 0 Å². The number of nitrogens with zero attached hydrogens (tertiary/aromatic N) is 2. The molecule has 0 bridgehead atoms. The zero-order valence-corrected chi connectivity index (χ0v) is 17.4. The van der Waals surface area contributed by atoms with Crippen molar-refractivity contribution in [1.29, 1.82) is 0 Å². The molecule has 1 N–H and O–H groups in total. The van der Waals surface area contributed by atoms with Gasteiger partial charge in [0.1, 0.15) is 5.70 Å². The molecule has 4 rings (SSSR count). The lowest BCUT2D eigenvalue weighted by Crippen LogP contribution is -2.32. The van der Waals surface area contributed by atoms with E-state index in [1.54, 1.807) is 42.7 Å². The van der Waals surface area contributed by atoms with E-state index in [4.69, 9.17) is 11.6 Å². The number of nitrogens with one attached hydrogen (secondary N) is 1. The SMILES string of the molecule is Cc1ccc(C)c(NC2=C(c3ccc(Cl)cc3)C(=O)N(Cc3cccnc3)C2=O)c1. The van der Waals surface area contributed by atoms with Crippen LogP contribution >= 0.6 is 11.6 Å². The van der Waals surface area contributed by atoms with E-state index >= 15 is 0 Å². The molecule has 0 unspecified atom stereocenters. The normalized spacial score (nSPS) is 13.9. The summed E-state index contributed by atoms with van der Waals surface area (Å²) in [5.74, 6) is -0.714. The minimum Gasteiger partial charge on any atom is -0.350 e. The molecule has 3 aromatic rings. The Morgan fingerprint density at radius 1 is 1.00 bits per heavy atom. The first kappa shape index (κ1) is 19.9. The van der Waals surface area contributed by atoms with Gasteiger partial charge >= 0.3 is 0 Å². The number of hydrogen-bond donors (Lipinski definition) is 1. The number of pyridine rings is 1. The van der Waals surface area contributed by atoms with Crippen molar-refractivity contribution in [3.05, 3.63) is 100.0 Å². The highest BCUT2D eigenvalue weighted by Crippen LogP contribution is 2.32. The molecule has 0 spiro atoms. The molecule has 0 radical (unpaired) electrons. The van der Waals surface area contributed by atoms with Crippen LogP contribution in [0, 0.1) is 13.8 Å². The van der Waals surface area contributed by atoms with E-state index in [2.05, 4.69) is 10.3 Å². The Bertz CT molecular complexity index is 1150. The first-order valence-corrected chi connectivity index (χ1v) is 9.91. The summed E-state index contributed by atoms with van der Waals surface area (Å²) in [5, 5.41) is 3.79. The number of hydrogen-bond acceptors (Lipinski definition) is 4. The highest BCUT2D eigenvalue weighted by Gasteiger charge is 2.39. The minimum absolute atomic E-state index is 0.153. The average Bonchev–Trinajstić information content (AvgIpc) is 2.96. The van der Waals surface area contributed by atoms with E-state index in [1.165, 1.54) is 4.90 Å². The van der Waals surface area contributed by atoms with Gasteiger partial charge in [-0.1, -0.05) is 41.9 Å². The molecule has 0 saturated carbocycles. The maximum atomic E-state index is 13.3. The van der Waals surface area contributed by atoms with Crippen molar-refractivity contribution in [2.45, 2.75) is 20.4 Å². The van der Waals surface area contributed by atoms with Crippen molar-refractivity contribution in [3.63, 3.8) is 0 Å². The Kier molecular flexibility index (Phi) is 5.38. The number of imide groups is 1. The summed E-state index contributed by atoms with van der Waals surface area (Å²) in [6.45, 7) is 4.09. The average molecular weight is 418 g/mol. The number of anilines is 1. The molecule has 1 aromatic heterocycles. The smallest absolute Gasteiger partial charge is 0.278 e. The van der Waals surface area contributed by atoms with Crippen molar-refractivity contribution >= 4 is 34.7 Å². The van der Waals surface area contributed by atoms with E-state index in [9.17, 15) is 9.59 Å². The lowest BCUT2D eigenvalue weighted by Gasteiger charge is -2.15. The number of aryl methyl sites for hydroxylation is 2. The van der Waals surface area contributed by atoms with E-state index in [1.807, 2.05) is 38.1 Å². The maximum absolute atomic E-state index is 13.3. The molecule has 150 valence electrons. The molecule has 2 aromatic carbocycles. The first-order valence-electron chi connectivity index (χ1n) is 9.53. The summed E-state index contributed by atoms with van der Waals surface area (Å²) in [4.78, 5) is 31.9. The number of carbonyl (C=O) groups excluding carboxylic acids is 2. The third-order valence-electron chi connectivity index (χ3n) is 5.02. The number of benzene rings is 2. The first-order chi connectivity index (χ1) is 14.4. The van der Waals surface area contributed by atoms with E-state index in [-0.39, 0.29) is 24.1 Å². The van der Waals surface area contributed by atoms with Crippen LogP contribution in [0.1, 0.15) is 22.3 Å². The number of rotatable bonds is 5. The van der Waals surface area contributed by atoms with E-state index < -0.39 is 0 Å². The predicted molar refractivity (Wildman–Crippen MR) is 118 cm³/mol. The molecule has 0 saturated heterocycles. The zero-order valence-electron chi connectivity index (χ0n) is 16.6. The van der Waals surface area contributed by atoms with Gasteiger partial charge in [-0.05, 0) is 60.4 Å². The summed E-state index contributed by atoms with van der Waals surface area (Å²) < 4.78 is 0. The number of aromatic nitrogens is 1. The van der Waals surface area contributed by atoms with E-state index in [0.29, 0.717) is 16.2 Å². The topological polar surface area (TPSA) is 62.3 Å². The van der Waals surface area contributed by atoms with Crippen LogP contribution in [0.2, 0.25) is 5.02 Å². The second-order valence-electron chi connectivity index (χ2n) is 7.26. The maximum Gasteiger partial charge on any atom is 0.278 e. The van der Waals surface area contributed by atoms with Crippen LogP contribution in [-0.4, -0.2) is 21.7 Å². The molecule has 1 aliphatic heterocycles. The molecule has 2 heterocycles. The Morgan fingerprint density at radius 2 is 1.77 bits per heavy atom. The highest BCUT2D eigenvalue weighted by atomic mass is 35.5. The van der Waals surface area contributed by atoms with Crippen molar-refractivity contribution in [1.82, 2.24) is 9.88 Å². The molecule has 0 atom stereocenters. The Labute approximate surface area is 180 Å². The molecule has 2 amide bonds. The fourth-order valence-corrected chi connectivity index (χ4v) is 3.53. The Balaban J connectivity index is 1.77. The van der Waals surface area contributed by atoms with Gasteiger partial charge < -0.3 is 5.32 Å².